The van der Waals surface area contributed by atoms with Crippen LogP contribution in [-0.4, -0.2) is 33.3 Å². The Hall–Kier alpha value is -1.43. The number of piperazine rings is 1. The van der Waals surface area contributed by atoms with Crippen molar-refractivity contribution in [3.8, 4) is 0 Å². The second-order valence-corrected chi connectivity index (χ2v) is 6.45. The van der Waals surface area contributed by atoms with Gasteiger partial charge >= 0.3 is 0 Å². The van der Waals surface area contributed by atoms with Gasteiger partial charge in [-0.25, -0.2) is 4.98 Å². The highest BCUT2D eigenvalue weighted by molar-refractivity contribution is 7.09. The summed E-state index contributed by atoms with van der Waals surface area (Å²) in [5.74, 6) is 0.242. The Labute approximate surface area is 116 Å². The molecule has 19 heavy (non-hydrogen) atoms. The molecule has 2 amide bonds. The van der Waals surface area contributed by atoms with Crippen LogP contribution in [0.1, 0.15) is 31.7 Å². The highest BCUT2D eigenvalue weighted by Gasteiger charge is 2.56. The van der Waals surface area contributed by atoms with Crippen LogP contribution >= 0.6 is 11.3 Å². The molecule has 1 aromatic heterocycles. The van der Waals surface area contributed by atoms with E-state index < -0.39 is 11.6 Å². The zero-order valence-corrected chi connectivity index (χ0v) is 11.9. The van der Waals surface area contributed by atoms with E-state index in [2.05, 4.69) is 10.3 Å². The van der Waals surface area contributed by atoms with E-state index in [0.29, 0.717) is 6.54 Å². The molecule has 1 aliphatic heterocycles. The van der Waals surface area contributed by atoms with Gasteiger partial charge < -0.3 is 10.2 Å². The predicted octanol–water partition coefficient (Wildman–Crippen LogP) is 1.16. The van der Waals surface area contributed by atoms with Crippen LogP contribution < -0.4 is 5.32 Å². The maximum absolute atomic E-state index is 12.4. The highest BCUT2D eigenvalue weighted by atomic mass is 32.1. The molecule has 6 heteroatoms. The molecule has 2 atom stereocenters. The van der Waals surface area contributed by atoms with Crippen molar-refractivity contribution in [2.45, 2.75) is 44.8 Å². The highest BCUT2D eigenvalue weighted by Crippen LogP contribution is 2.45. The summed E-state index contributed by atoms with van der Waals surface area (Å²) in [6.07, 6.45) is 3.76. The first kappa shape index (κ1) is 12.6. The van der Waals surface area contributed by atoms with E-state index in [4.69, 9.17) is 0 Å². The van der Waals surface area contributed by atoms with E-state index in [-0.39, 0.29) is 17.7 Å². The van der Waals surface area contributed by atoms with Gasteiger partial charge in [0.25, 0.3) is 0 Å². The summed E-state index contributed by atoms with van der Waals surface area (Å²) in [5, 5.41) is 5.57. The number of nitrogens with zero attached hydrogens (tertiary/aromatic N) is 2. The second-order valence-electron chi connectivity index (χ2n) is 5.47. The molecule has 3 rings (SSSR count). The molecular formula is C13H17N3O2S. The Balaban J connectivity index is 1.94. The Kier molecular flexibility index (Phi) is 2.85. The van der Waals surface area contributed by atoms with E-state index in [1.54, 1.807) is 18.0 Å². The van der Waals surface area contributed by atoms with Gasteiger partial charge in [0.15, 0.2) is 0 Å². The lowest BCUT2D eigenvalue weighted by atomic mass is 9.88. The molecule has 1 saturated heterocycles. The number of hydrogen-bond acceptors (Lipinski definition) is 4. The van der Waals surface area contributed by atoms with Crippen molar-refractivity contribution in [3.63, 3.8) is 0 Å². The van der Waals surface area contributed by atoms with Gasteiger partial charge in [-0.3, -0.25) is 9.59 Å². The molecule has 2 aliphatic rings. The summed E-state index contributed by atoms with van der Waals surface area (Å²) < 4.78 is 0. The fourth-order valence-corrected chi connectivity index (χ4v) is 3.35. The van der Waals surface area contributed by atoms with Crippen molar-refractivity contribution in [1.29, 1.82) is 0 Å². The average Bonchev–Trinajstić information content (AvgIpc) is 3.11. The van der Waals surface area contributed by atoms with Crippen molar-refractivity contribution in [2.24, 2.45) is 5.92 Å². The standard InChI is InChI=1S/C13H17N3O2S/c1-8-11(17)16(7-10-14-5-6-19-10)13(2,9-3-4-9)12(18)15-8/h5-6,8-9H,3-4,7H2,1-2H3,(H,15,18). The van der Waals surface area contributed by atoms with Crippen molar-refractivity contribution in [1.82, 2.24) is 15.2 Å². The SMILES string of the molecule is CC1NC(=O)C(C)(C2CC2)N(Cc2nccs2)C1=O. The molecule has 0 spiro atoms. The molecule has 102 valence electrons. The van der Waals surface area contributed by atoms with Crippen LogP contribution in [0.4, 0.5) is 0 Å². The van der Waals surface area contributed by atoms with Gasteiger partial charge in [0.2, 0.25) is 11.8 Å². The first-order valence-electron chi connectivity index (χ1n) is 6.54. The van der Waals surface area contributed by atoms with Crippen LogP contribution in [0.3, 0.4) is 0 Å². The molecule has 1 saturated carbocycles. The molecular weight excluding hydrogens is 262 g/mol. The molecule has 1 N–H and O–H groups in total. The maximum atomic E-state index is 12.4. The molecule has 2 unspecified atom stereocenters. The molecule has 1 aliphatic carbocycles. The Bertz CT molecular complexity index is 512. The summed E-state index contributed by atoms with van der Waals surface area (Å²) in [6.45, 7) is 4.06. The lowest BCUT2D eigenvalue weighted by Gasteiger charge is -2.45. The van der Waals surface area contributed by atoms with E-state index in [1.165, 1.54) is 11.3 Å². The second kappa shape index (κ2) is 4.30. The lowest BCUT2D eigenvalue weighted by molar-refractivity contribution is -0.158. The largest absolute Gasteiger partial charge is 0.343 e. The van der Waals surface area contributed by atoms with Crippen molar-refractivity contribution in [3.05, 3.63) is 16.6 Å². The number of rotatable bonds is 3. The Morgan fingerprint density at radius 3 is 2.84 bits per heavy atom. The van der Waals surface area contributed by atoms with Gasteiger partial charge in [0, 0.05) is 11.6 Å². The zero-order chi connectivity index (χ0) is 13.6. The van der Waals surface area contributed by atoms with E-state index >= 15 is 0 Å². The third kappa shape index (κ3) is 1.94. The Morgan fingerprint density at radius 2 is 2.26 bits per heavy atom. The molecule has 2 heterocycles. The lowest BCUT2D eigenvalue weighted by Crippen LogP contribution is -2.69. The summed E-state index contributed by atoms with van der Waals surface area (Å²) >= 11 is 1.52. The van der Waals surface area contributed by atoms with Gasteiger partial charge in [-0.2, -0.15) is 0 Å². The number of thiazole rings is 1. The summed E-state index contributed by atoms with van der Waals surface area (Å²) in [7, 11) is 0. The van der Waals surface area contributed by atoms with Crippen LogP contribution in [0.15, 0.2) is 11.6 Å². The molecule has 0 radical (unpaired) electrons. The van der Waals surface area contributed by atoms with Gasteiger partial charge in [0.05, 0.1) is 6.54 Å². The molecule has 5 nitrogen and oxygen atoms in total. The quantitative estimate of drug-likeness (QED) is 0.903. The maximum Gasteiger partial charge on any atom is 0.246 e. The van der Waals surface area contributed by atoms with Crippen LogP contribution in [-0.2, 0) is 16.1 Å². The number of nitrogens with one attached hydrogen (secondary N) is 1. The first-order valence-corrected chi connectivity index (χ1v) is 7.42. The fourth-order valence-electron chi connectivity index (χ4n) is 2.75. The van der Waals surface area contributed by atoms with E-state index in [0.717, 1.165) is 17.8 Å². The van der Waals surface area contributed by atoms with Gasteiger partial charge in [0.1, 0.15) is 16.6 Å². The topological polar surface area (TPSA) is 62.3 Å². The van der Waals surface area contributed by atoms with Crippen LogP contribution in [0.25, 0.3) is 0 Å². The fraction of sp³-hybridized carbons (Fsp3) is 0.615. The van der Waals surface area contributed by atoms with E-state index in [9.17, 15) is 9.59 Å². The number of amides is 2. The average molecular weight is 279 g/mol. The third-order valence-electron chi connectivity index (χ3n) is 4.15. The van der Waals surface area contributed by atoms with Crippen molar-refractivity contribution >= 4 is 23.2 Å². The smallest absolute Gasteiger partial charge is 0.246 e. The minimum Gasteiger partial charge on any atom is -0.343 e. The number of aromatic nitrogens is 1. The van der Waals surface area contributed by atoms with Crippen molar-refractivity contribution < 1.29 is 9.59 Å². The Morgan fingerprint density at radius 1 is 1.53 bits per heavy atom. The van der Waals surface area contributed by atoms with Gasteiger partial charge in [-0.15, -0.1) is 11.3 Å². The normalized spacial score (nSPS) is 31.5. The van der Waals surface area contributed by atoms with Crippen molar-refractivity contribution in [2.75, 3.05) is 0 Å². The predicted molar refractivity (Wildman–Crippen MR) is 71.4 cm³/mol. The molecule has 2 fully saturated rings. The van der Waals surface area contributed by atoms with E-state index in [1.807, 2.05) is 12.3 Å². The molecule has 0 bridgehead atoms. The molecule has 1 aromatic rings. The van der Waals surface area contributed by atoms with Crippen LogP contribution in [0, 0.1) is 5.92 Å². The summed E-state index contributed by atoms with van der Waals surface area (Å²) in [5.41, 5.74) is -0.713. The van der Waals surface area contributed by atoms with Crippen LogP contribution in [0.2, 0.25) is 0 Å². The van der Waals surface area contributed by atoms with Gasteiger partial charge in [-0.1, -0.05) is 0 Å². The molecule has 0 aromatic carbocycles. The number of hydrogen-bond donors (Lipinski definition) is 1. The zero-order valence-electron chi connectivity index (χ0n) is 11.0. The monoisotopic (exact) mass is 279 g/mol. The number of carbonyl (C=O) groups is 2. The minimum absolute atomic E-state index is 0.01000. The summed E-state index contributed by atoms with van der Waals surface area (Å²) in [4.78, 5) is 30.8. The van der Waals surface area contributed by atoms with Crippen LogP contribution in [0.5, 0.6) is 0 Å². The minimum atomic E-state index is -0.713. The number of carbonyl (C=O) groups excluding carboxylic acids is 2. The van der Waals surface area contributed by atoms with Gasteiger partial charge in [-0.05, 0) is 32.6 Å². The summed E-state index contributed by atoms with van der Waals surface area (Å²) in [6, 6.07) is -0.445. The first-order chi connectivity index (χ1) is 9.03. The third-order valence-corrected chi connectivity index (χ3v) is 4.92.